The van der Waals surface area contributed by atoms with E-state index >= 15 is 0 Å². The van der Waals surface area contributed by atoms with Crippen molar-refractivity contribution in [2.24, 2.45) is 5.10 Å². The molecular formula is C18H15N3O5. The lowest BCUT2D eigenvalue weighted by molar-refractivity contribution is -0.384. The number of hydrogen-bond donors (Lipinski definition) is 1. The molecule has 1 atom stereocenters. The number of nitrogens with zero attached hydrogens (tertiary/aromatic N) is 2. The highest BCUT2D eigenvalue weighted by Crippen LogP contribution is 2.30. The minimum absolute atomic E-state index is 0.0272. The lowest BCUT2D eigenvalue weighted by Gasteiger charge is -2.24. The van der Waals surface area contributed by atoms with Gasteiger partial charge in [0.25, 0.3) is 11.6 Å². The molecule has 0 saturated carbocycles. The molecule has 0 bridgehead atoms. The molecule has 2 aromatic carbocycles. The van der Waals surface area contributed by atoms with Crippen LogP contribution in [0.25, 0.3) is 6.08 Å². The summed E-state index contributed by atoms with van der Waals surface area (Å²) in [5.74, 6) is 0.700. The molecule has 8 heteroatoms. The van der Waals surface area contributed by atoms with Crippen LogP contribution in [0.15, 0.2) is 59.7 Å². The average molecular weight is 353 g/mol. The van der Waals surface area contributed by atoms with E-state index in [4.69, 9.17) is 9.47 Å². The molecule has 0 saturated heterocycles. The Morgan fingerprint density at radius 2 is 1.92 bits per heavy atom. The van der Waals surface area contributed by atoms with Crippen molar-refractivity contribution in [2.45, 2.75) is 6.10 Å². The quantitative estimate of drug-likeness (QED) is 0.505. The lowest BCUT2D eigenvalue weighted by Crippen LogP contribution is -2.42. The number of carbonyl (C=O) groups excluding carboxylic acids is 1. The monoisotopic (exact) mass is 353 g/mol. The number of ether oxygens (including phenoxy) is 2. The molecule has 26 heavy (non-hydrogen) atoms. The van der Waals surface area contributed by atoms with Crippen molar-refractivity contribution in [3.05, 3.63) is 70.3 Å². The van der Waals surface area contributed by atoms with E-state index in [1.54, 1.807) is 42.5 Å². The predicted octanol–water partition coefficient (Wildman–Crippen LogP) is 2.55. The van der Waals surface area contributed by atoms with Gasteiger partial charge in [-0.15, -0.1) is 0 Å². The van der Waals surface area contributed by atoms with Gasteiger partial charge < -0.3 is 9.47 Å². The summed E-state index contributed by atoms with van der Waals surface area (Å²) in [6, 6.07) is 13.2. The van der Waals surface area contributed by atoms with Gasteiger partial charge in [0.05, 0.1) is 4.92 Å². The summed E-state index contributed by atoms with van der Waals surface area (Å²) in [5.41, 5.74) is 3.18. The number of nitro groups is 1. The Balaban J connectivity index is 1.49. The van der Waals surface area contributed by atoms with Crippen LogP contribution in [-0.2, 0) is 4.79 Å². The molecule has 0 aromatic heterocycles. The summed E-state index contributed by atoms with van der Waals surface area (Å²) in [6.45, 7) is 0.108. The molecule has 8 nitrogen and oxygen atoms in total. The van der Waals surface area contributed by atoms with Crippen molar-refractivity contribution in [1.29, 1.82) is 0 Å². The molecule has 0 aliphatic carbocycles. The number of non-ortho nitro benzene ring substituents is 1. The number of nitrogens with one attached hydrogen (secondary N) is 1. The predicted molar refractivity (Wildman–Crippen MR) is 95.1 cm³/mol. The Kier molecular flexibility index (Phi) is 5.23. The number of benzene rings is 2. The van der Waals surface area contributed by atoms with Gasteiger partial charge >= 0.3 is 0 Å². The third kappa shape index (κ3) is 4.23. The van der Waals surface area contributed by atoms with Gasteiger partial charge in [-0.2, -0.15) is 5.10 Å². The van der Waals surface area contributed by atoms with Gasteiger partial charge in [-0.25, -0.2) is 5.43 Å². The first kappa shape index (κ1) is 17.2. The van der Waals surface area contributed by atoms with E-state index in [1.807, 2.05) is 6.07 Å². The molecule has 0 unspecified atom stereocenters. The highest BCUT2D eigenvalue weighted by molar-refractivity contribution is 5.84. The highest BCUT2D eigenvalue weighted by atomic mass is 16.6. The van der Waals surface area contributed by atoms with Gasteiger partial charge in [0.2, 0.25) is 6.10 Å². The minimum Gasteiger partial charge on any atom is -0.485 e. The van der Waals surface area contributed by atoms with E-state index in [-0.39, 0.29) is 12.3 Å². The summed E-state index contributed by atoms with van der Waals surface area (Å²) in [6.07, 6.45) is 3.93. The van der Waals surface area contributed by atoms with E-state index in [1.165, 1.54) is 18.3 Å². The Morgan fingerprint density at radius 3 is 2.65 bits per heavy atom. The van der Waals surface area contributed by atoms with Crippen LogP contribution >= 0.6 is 0 Å². The van der Waals surface area contributed by atoms with E-state index in [9.17, 15) is 14.9 Å². The average Bonchev–Trinajstić information content (AvgIpc) is 2.67. The van der Waals surface area contributed by atoms with Crippen LogP contribution < -0.4 is 14.9 Å². The fourth-order valence-electron chi connectivity index (χ4n) is 2.23. The van der Waals surface area contributed by atoms with Gasteiger partial charge in [-0.1, -0.05) is 18.2 Å². The number of rotatable bonds is 5. The number of nitro benzene ring substituents is 1. The molecule has 2 aromatic rings. The van der Waals surface area contributed by atoms with Crippen LogP contribution in [-0.4, -0.2) is 29.8 Å². The fraction of sp³-hybridized carbons (Fsp3) is 0.111. The summed E-state index contributed by atoms with van der Waals surface area (Å²) >= 11 is 0. The Labute approximate surface area is 148 Å². The van der Waals surface area contributed by atoms with Gasteiger partial charge in [0.15, 0.2) is 11.5 Å². The van der Waals surface area contributed by atoms with E-state index < -0.39 is 16.9 Å². The minimum atomic E-state index is -0.777. The van der Waals surface area contributed by atoms with Crippen LogP contribution in [0.1, 0.15) is 5.56 Å². The number of carbonyl (C=O) groups is 1. The van der Waals surface area contributed by atoms with Crippen LogP contribution in [0.3, 0.4) is 0 Å². The van der Waals surface area contributed by atoms with Gasteiger partial charge in [-0.3, -0.25) is 14.9 Å². The molecular weight excluding hydrogens is 338 g/mol. The zero-order chi connectivity index (χ0) is 18.4. The summed E-state index contributed by atoms with van der Waals surface area (Å²) in [4.78, 5) is 22.1. The molecule has 132 valence electrons. The molecule has 0 fully saturated rings. The van der Waals surface area contributed by atoms with Crippen molar-refractivity contribution in [3.63, 3.8) is 0 Å². The summed E-state index contributed by atoms with van der Waals surface area (Å²) < 4.78 is 11.0. The van der Waals surface area contributed by atoms with Crippen molar-refractivity contribution >= 4 is 23.9 Å². The van der Waals surface area contributed by atoms with Crippen molar-refractivity contribution < 1.29 is 19.2 Å². The first-order chi connectivity index (χ1) is 12.6. The van der Waals surface area contributed by atoms with E-state index in [0.29, 0.717) is 11.5 Å². The zero-order valence-electron chi connectivity index (χ0n) is 13.6. The Morgan fingerprint density at radius 1 is 1.19 bits per heavy atom. The van der Waals surface area contributed by atoms with Gasteiger partial charge in [-0.05, 0) is 35.9 Å². The van der Waals surface area contributed by atoms with Crippen LogP contribution in [0.4, 0.5) is 5.69 Å². The maximum atomic E-state index is 12.0. The Hall–Kier alpha value is -3.68. The molecule has 1 aliphatic heterocycles. The normalized spacial score (nSPS) is 15.9. The molecule has 1 N–H and O–H groups in total. The van der Waals surface area contributed by atoms with Gasteiger partial charge in [0.1, 0.15) is 6.61 Å². The Bertz CT molecular complexity index is 861. The molecule has 1 heterocycles. The third-order valence-electron chi connectivity index (χ3n) is 3.53. The first-order valence-electron chi connectivity index (χ1n) is 7.76. The topological polar surface area (TPSA) is 103 Å². The molecule has 0 radical (unpaired) electrons. The van der Waals surface area contributed by atoms with Crippen molar-refractivity contribution in [3.8, 4) is 11.5 Å². The maximum absolute atomic E-state index is 12.0. The van der Waals surface area contributed by atoms with E-state index in [0.717, 1.165) is 5.56 Å². The number of hydrazone groups is 1. The van der Waals surface area contributed by atoms with Crippen molar-refractivity contribution in [1.82, 2.24) is 5.43 Å². The number of hydrogen-bond acceptors (Lipinski definition) is 6. The smallest absolute Gasteiger partial charge is 0.284 e. The third-order valence-corrected chi connectivity index (χ3v) is 3.53. The second-order valence-electron chi connectivity index (χ2n) is 5.33. The molecule has 1 aliphatic rings. The SMILES string of the molecule is O=C(N/N=C\C=C\c1ccc([N+](=O)[O-])cc1)[C@@H]1COc2ccccc2O1. The number of allylic oxidation sites excluding steroid dienone is 1. The first-order valence-corrected chi connectivity index (χ1v) is 7.76. The molecule has 3 rings (SSSR count). The van der Waals surface area contributed by atoms with Crippen molar-refractivity contribution in [2.75, 3.05) is 6.61 Å². The maximum Gasteiger partial charge on any atom is 0.284 e. The number of fused-ring (bicyclic) bond motifs is 1. The summed E-state index contributed by atoms with van der Waals surface area (Å²) in [5, 5.41) is 14.4. The van der Waals surface area contributed by atoms with Crippen LogP contribution in [0.5, 0.6) is 11.5 Å². The molecule has 1 amide bonds. The zero-order valence-corrected chi connectivity index (χ0v) is 13.6. The fourth-order valence-corrected chi connectivity index (χ4v) is 2.23. The highest BCUT2D eigenvalue weighted by Gasteiger charge is 2.26. The van der Waals surface area contributed by atoms with Gasteiger partial charge in [0, 0.05) is 18.3 Å². The van der Waals surface area contributed by atoms with Crippen LogP contribution in [0, 0.1) is 10.1 Å². The largest absolute Gasteiger partial charge is 0.485 e. The number of amides is 1. The summed E-state index contributed by atoms with van der Waals surface area (Å²) in [7, 11) is 0. The second-order valence-corrected chi connectivity index (χ2v) is 5.33. The second kappa shape index (κ2) is 7.93. The lowest BCUT2D eigenvalue weighted by atomic mass is 10.2. The van der Waals surface area contributed by atoms with E-state index in [2.05, 4.69) is 10.5 Å². The number of para-hydroxylation sites is 2. The molecule has 0 spiro atoms. The van der Waals surface area contributed by atoms with Crippen LogP contribution in [0.2, 0.25) is 0 Å². The standard InChI is InChI=1S/C18H15N3O5/c22-18(17-12-25-15-5-1-2-6-16(15)26-17)20-19-11-3-4-13-7-9-14(10-8-13)21(23)24/h1-11,17H,12H2,(H,20,22)/b4-3+,19-11-/t17-/m0/s1.